The fourth-order valence-corrected chi connectivity index (χ4v) is 1.47. The summed E-state index contributed by atoms with van der Waals surface area (Å²) in [6.07, 6.45) is 2.11. The number of ether oxygens (including phenoxy) is 1. The van der Waals surface area contributed by atoms with Gasteiger partial charge in [0.05, 0.1) is 0 Å². The third-order valence-electron chi connectivity index (χ3n) is 2.78. The van der Waals surface area contributed by atoms with Crippen molar-refractivity contribution in [3.63, 3.8) is 0 Å². The Morgan fingerprint density at radius 1 is 1.75 bits per heavy atom. The quantitative estimate of drug-likeness (QED) is 0.629. The Balaban J connectivity index is 2.27. The van der Waals surface area contributed by atoms with Crippen LogP contribution in [0.4, 0.5) is 4.79 Å². The zero-order valence-corrected chi connectivity index (χ0v) is 7.25. The van der Waals surface area contributed by atoms with Crippen molar-refractivity contribution in [2.24, 2.45) is 11.1 Å². The maximum atomic E-state index is 10.1. The average molecular weight is 173 g/mol. The Morgan fingerprint density at radius 2 is 2.33 bits per heavy atom. The first-order chi connectivity index (χ1) is 5.54. The molecule has 1 atom stereocenters. The molecule has 0 aromatic rings. The summed E-state index contributed by atoms with van der Waals surface area (Å²) >= 11 is 0. The molecule has 1 saturated carbocycles. The summed E-state index contributed by atoms with van der Waals surface area (Å²) < 4.78 is 4.42. The van der Waals surface area contributed by atoms with Crippen LogP contribution in [0.25, 0.3) is 0 Å². The molecule has 12 heavy (non-hydrogen) atoms. The summed E-state index contributed by atoms with van der Waals surface area (Å²) in [4.78, 5) is 10.1. The molecule has 1 aliphatic rings. The van der Waals surface area contributed by atoms with E-state index in [4.69, 9.17) is 10.8 Å². The van der Waals surface area contributed by atoms with Crippen molar-refractivity contribution in [1.82, 2.24) is 0 Å². The average Bonchev–Trinajstić information content (AvgIpc) is 1.95. The molecule has 0 amide bonds. The van der Waals surface area contributed by atoms with Crippen molar-refractivity contribution in [2.75, 3.05) is 6.61 Å². The van der Waals surface area contributed by atoms with Crippen LogP contribution >= 0.6 is 0 Å². The summed E-state index contributed by atoms with van der Waals surface area (Å²) in [5.74, 6) is 0. The predicted octanol–water partition coefficient (Wildman–Crippen LogP) is 1.20. The zero-order valence-electron chi connectivity index (χ0n) is 7.25. The summed E-state index contributed by atoms with van der Waals surface area (Å²) in [5, 5.41) is 8.24. The zero-order chi connectivity index (χ0) is 9.19. The van der Waals surface area contributed by atoms with Crippen molar-refractivity contribution in [3.8, 4) is 0 Å². The molecule has 1 unspecified atom stereocenters. The molecule has 1 rings (SSSR count). The molecule has 3 N–H and O–H groups in total. The summed E-state index contributed by atoms with van der Waals surface area (Å²) in [5.41, 5.74) is 5.88. The molecule has 0 bridgehead atoms. The van der Waals surface area contributed by atoms with E-state index in [0.29, 0.717) is 0 Å². The highest BCUT2D eigenvalue weighted by molar-refractivity contribution is 5.56. The molecular formula is C8H15NO3. The molecule has 0 spiro atoms. The van der Waals surface area contributed by atoms with E-state index in [0.717, 1.165) is 12.8 Å². The van der Waals surface area contributed by atoms with Gasteiger partial charge in [-0.05, 0) is 18.3 Å². The van der Waals surface area contributed by atoms with E-state index in [1.165, 1.54) is 6.42 Å². The van der Waals surface area contributed by atoms with Gasteiger partial charge in [-0.25, -0.2) is 4.79 Å². The van der Waals surface area contributed by atoms with Gasteiger partial charge in [0.15, 0.2) is 0 Å². The molecule has 0 aromatic carbocycles. The van der Waals surface area contributed by atoms with Crippen LogP contribution in [0.3, 0.4) is 0 Å². The van der Waals surface area contributed by atoms with Crippen molar-refractivity contribution >= 4 is 6.16 Å². The Hall–Kier alpha value is -0.770. The number of carbonyl (C=O) groups is 1. The third-order valence-corrected chi connectivity index (χ3v) is 2.78. The maximum absolute atomic E-state index is 10.1. The summed E-state index contributed by atoms with van der Waals surface area (Å²) in [6.45, 7) is 2.19. The smallest absolute Gasteiger partial charge is 0.450 e. The highest BCUT2D eigenvalue weighted by atomic mass is 16.7. The first-order valence-corrected chi connectivity index (χ1v) is 4.16. The van der Waals surface area contributed by atoms with E-state index in [2.05, 4.69) is 11.7 Å². The van der Waals surface area contributed by atoms with Crippen LogP contribution in [-0.4, -0.2) is 23.9 Å². The van der Waals surface area contributed by atoms with E-state index in [9.17, 15) is 4.79 Å². The van der Waals surface area contributed by atoms with Gasteiger partial charge in [0, 0.05) is 6.04 Å². The van der Waals surface area contributed by atoms with Gasteiger partial charge in [0.25, 0.3) is 0 Å². The number of nitrogens with two attached hydrogens (primary N) is 1. The number of rotatable bonds is 3. The number of hydrogen-bond donors (Lipinski definition) is 2. The van der Waals surface area contributed by atoms with Gasteiger partial charge in [0.2, 0.25) is 0 Å². The molecule has 4 nitrogen and oxygen atoms in total. The minimum Gasteiger partial charge on any atom is -0.450 e. The Bertz CT molecular complexity index is 177. The Kier molecular flexibility index (Phi) is 2.57. The minimum atomic E-state index is -1.24. The number of carboxylic acid groups (broad SMARTS) is 1. The minimum absolute atomic E-state index is 0.107. The van der Waals surface area contributed by atoms with E-state index < -0.39 is 6.16 Å². The topological polar surface area (TPSA) is 72.5 Å². The molecule has 1 aliphatic carbocycles. The van der Waals surface area contributed by atoms with Crippen LogP contribution in [0.15, 0.2) is 0 Å². The van der Waals surface area contributed by atoms with Crippen molar-refractivity contribution in [1.29, 1.82) is 0 Å². The molecule has 1 fully saturated rings. The van der Waals surface area contributed by atoms with E-state index >= 15 is 0 Å². The van der Waals surface area contributed by atoms with Crippen LogP contribution < -0.4 is 5.73 Å². The van der Waals surface area contributed by atoms with Crippen molar-refractivity contribution in [2.45, 2.75) is 32.2 Å². The predicted molar refractivity (Wildman–Crippen MR) is 43.9 cm³/mol. The fourth-order valence-electron chi connectivity index (χ4n) is 1.47. The van der Waals surface area contributed by atoms with Gasteiger partial charge in [-0.15, -0.1) is 0 Å². The van der Waals surface area contributed by atoms with Gasteiger partial charge >= 0.3 is 6.16 Å². The lowest BCUT2D eigenvalue weighted by Gasteiger charge is -2.42. The second-order valence-corrected chi connectivity index (χ2v) is 3.69. The van der Waals surface area contributed by atoms with Gasteiger partial charge < -0.3 is 15.6 Å². The molecule has 0 heterocycles. The van der Waals surface area contributed by atoms with E-state index in [1.807, 2.05) is 0 Å². The highest BCUT2D eigenvalue weighted by Crippen LogP contribution is 2.42. The normalized spacial score (nSPS) is 22.5. The molecule has 4 heteroatoms. The second kappa shape index (κ2) is 3.31. The molecule has 0 radical (unpaired) electrons. The Labute approximate surface area is 71.7 Å². The van der Waals surface area contributed by atoms with Gasteiger partial charge in [-0.1, -0.05) is 13.3 Å². The molecule has 70 valence electrons. The Morgan fingerprint density at radius 3 is 2.67 bits per heavy atom. The second-order valence-electron chi connectivity index (χ2n) is 3.69. The maximum Gasteiger partial charge on any atom is 0.505 e. The lowest BCUT2D eigenvalue weighted by Crippen LogP contribution is -2.47. The number of hydrogen-bond acceptors (Lipinski definition) is 3. The van der Waals surface area contributed by atoms with Gasteiger partial charge in [-0.2, -0.15) is 0 Å². The summed E-state index contributed by atoms with van der Waals surface area (Å²) in [7, 11) is 0. The SMILES string of the molecule is CC1(C(N)COC(=O)O)CCC1. The highest BCUT2D eigenvalue weighted by Gasteiger charge is 2.38. The molecule has 0 saturated heterocycles. The third kappa shape index (κ3) is 1.88. The van der Waals surface area contributed by atoms with Crippen LogP contribution in [0.1, 0.15) is 26.2 Å². The van der Waals surface area contributed by atoms with E-state index in [-0.39, 0.29) is 18.1 Å². The van der Waals surface area contributed by atoms with E-state index in [1.54, 1.807) is 0 Å². The first-order valence-electron chi connectivity index (χ1n) is 4.16. The van der Waals surface area contributed by atoms with Gasteiger partial charge in [-0.3, -0.25) is 0 Å². The van der Waals surface area contributed by atoms with Crippen molar-refractivity contribution in [3.05, 3.63) is 0 Å². The fraction of sp³-hybridized carbons (Fsp3) is 0.875. The first kappa shape index (κ1) is 9.32. The molecule has 0 aliphatic heterocycles. The largest absolute Gasteiger partial charge is 0.505 e. The lowest BCUT2D eigenvalue weighted by atomic mass is 9.66. The van der Waals surface area contributed by atoms with Crippen LogP contribution in [0, 0.1) is 5.41 Å². The van der Waals surface area contributed by atoms with Crippen molar-refractivity contribution < 1.29 is 14.6 Å². The van der Waals surface area contributed by atoms with Crippen LogP contribution in [0.5, 0.6) is 0 Å². The molecular weight excluding hydrogens is 158 g/mol. The molecule has 0 aromatic heterocycles. The summed E-state index contributed by atoms with van der Waals surface area (Å²) in [6, 6.07) is -0.151. The lowest BCUT2D eigenvalue weighted by molar-refractivity contribution is 0.0417. The standard InChI is InChI=1S/C8H15NO3/c1-8(3-2-4-8)6(9)5-12-7(10)11/h6H,2-5,9H2,1H3,(H,10,11). The monoisotopic (exact) mass is 173 g/mol. The van der Waals surface area contributed by atoms with Crippen LogP contribution in [0.2, 0.25) is 0 Å². The van der Waals surface area contributed by atoms with Crippen LogP contribution in [-0.2, 0) is 4.74 Å². The van der Waals surface area contributed by atoms with Gasteiger partial charge in [0.1, 0.15) is 6.61 Å².